The van der Waals surface area contributed by atoms with Crippen molar-refractivity contribution in [3.05, 3.63) is 17.5 Å². The molecule has 16 heavy (non-hydrogen) atoms. The number of nitrogens with one attached hydrogen (secondary N) is 1. The SMILES string of the molecule is Cc1cc(C(=O)N2CCC(C)C(N)C2)n[nH]1. The molecule has 2 heterocycles. The Labute approximate surface area is 95.0 Å². The molecule has 5 nitrogen and oxygen atoms in total. The van der Waals surface area contributed by atoms with Gasteiger partial charge in [0, 0.05) is 24.8 Å². The Balaban J connectivity index is 2.06. The lowest BCUT2D eigenvalue weighted by atomic mass is 9.94. The van der Waals surface area contributed by atoms with Crippen molar-refractivity contribution in [2.45, 2.75) is 26.3 Å². The van der Waals surface area contributed by atoms with E-state index in [4.69, 9.17) is 5.73 Å². The molecule has 0 bridgehead atoms. The minimum Gasteiger partial charge on any atom is -0.336 e. The van der Waals surface area contributed by atoms with Crippen LogP contribution in [0.4, 0.5) is 0 Å². The fourth-order valence-corrected chi connectivity index (χ4v) is 1.97. The zero-order valence-electron chi connectivity index (χ0n) is 9.73. The standard InChI is InChI=1S/C11H18N4O/c1-7-3-4-15(6-9(7)12)11(16)10-5-8(2)13-14-10/h5,7,9H,3-4,6,12H2,1-2H3,(H,13,14). The van der Waals surface area contributed by atoms with E-state index in [1.54, 1.807) is 11.0 Å². The molecule has 0 aliphatic carbocycles. The molecule has 1 saturated heterocycles. The van der Waals surface area contributed by atoms with Gasteiger partial charge in [0.1, 0.15) is 5.69 Å². The molecule has 0 aromatic carbocycles. The maximum atomic E-state index is 12.1. The molecule has 1 amide bonds. The van der Waals surface area contributed by atoms with Crippen molar-refractivity contribution in [3.63, 3.8) is 0 Å². The Morgan fingerprint density at radius 3 is 3.00 bits per heavy atom. The number of hydrogen-bond donors (Lipinski definition) is 2. The van der Waals surface area contributed by atoms with Crippen LogP contribution in [0.15, 0.2) is 6.07 Å². The van der Waals surface area contributed by atoms with E-state index < -0.39 is 0 Å². The summed E-state index contributed by atoms with van der Waals surface area (Å²) in [7, 11) is 0. The summed E-state index contributed by atoms with van der Waals surface area (Å²) in [5.41, 5.74) is 7.35. The van der Waals surface area contributed by atoms with Crippen molar-refractivity contribution in [3.8, 4) is 0 Å². The Bertz CT molecular complexity index is 387. The molecule has 1 aromatic heterocycles. The third-order valence-electron chi connectivity index (χ3n) is 3.23. The Kier molecular flexibility index (Phi) is 2.96. The lowest BCUT2D eigenvalue weighted by molar-refractivity contribution is 0.0666. The largest absolute Gasteiger partial charge is 0.336 e. The topological polar surface area (TPSA) is 75.0 Å². The van der Waals surface area contributed by atoms with Gasteiger partial charge in [-0.3, -0.25) is 9.89 Å². The number of amides is 1. The first-order valence-electron chi connectivity index (χ1n) is 5.65. The first-order chi connectivity index (χ1) is 7.58. The lowest BCUT2D eigenvalue weighted by Gasteiger charge is -2.34. The summed E-state index contributed by atoms with van der Waals surface area (Å²) in [6.07, 6.45) is 0.969. The number of nitrogens with two attached hydrogens (primary N) is 1. The number of likely N-dealkylation sites (tertiary alicyclic amines) is 1. The van der Waals surface area contributed by atoms with E-state index in [9.17, 15) is 4.79 Å². The number of aryl methyl sites for hydroxylation is 1. The second-order valence-corrected chi connectivity index (χ2v) is 4.62. The summed E-state index contributed by atoms with van der Waals surface area (Å²) >= 11 is 0. The fourth-order valence-electron chi connectivity index (χ4n) is 1.97. The van der Waals surface area contributed by atoms with Gasteiger partial charge in [-0.25, -0.2) is 0 Å². The Morgan fingerprint density at radius 1 is 1.69 bits per heavy atom. The lowest BCUT2D eigenvalue weighted by Crippen LogP contribution is -2.49. The smallest absolute Gasteiger partial charge is 0.274 e. The van der Waals surface area contributed by atoms with Crippen molar-refractivity contribution < 1.29 is 4.79 Å². The zero-order chi connectivity index (χ0) is 11.7. The third kappa shape index (κ3) is 2.09. The quantitative estimate of drug-likeness (QED) is 0.727. The minimum atomic E-state index is -0.0216. The van der Waals surface area contributed by atoms with Gasteiger partial charge in [0.15, 0.2) is 0 Å². The van der Waals surface area contributed by atoms with E-state index in [1.165, 1.54) is 0 Å². The summed E-state index contributed by atoms with van der Waals surface area (Å²) in [5, 5.41) is 6.76. The number of aromatic nitrogens is 2. The van der Waals surface area contributed by atoms with Crippen LogP contribution in [-0.4, -0.2) is 40.1 Å². The van der Waals surface area contributed by atoms with Gasteiger partial charge in [0.25, 0.3) is 5.91 Å². The highest BCUT2D eigenvalue weighted by Gasteiger charge is 2.27. The van der Waals surface area contributed by atoms with Crippen LogP contribution in [0.1, 0.15) is 29.5 Å². The average Bonchev–Trinajstić information content (AvgIpc) is 2.68. The van der Waals surface area contributed by atoms with Gasteiger partial charge in [-0.05, 0) is 25.3 Å². The number of carbonyl (C=O) groups excluding carboxylic acids is 1. The first-order valence-corrected chi connectivity index (χ1v) is 5.65. The van der Waals surface area contributed by atoms with E-state index in [1.807, 2.05) is 6.92 Å². The maximum Gasteiger partial charge on any atom is 0.274 e. The summed E-state index contributed by atoms with van der Waals surface area (Å²) in [6.45, 7) is 5.42. The number of hydrogen-bond acceptors (Lipinski definition) is 3. The monoisotopic (exact) mass is 222 g/mol. The predicted molar refractivity (Wildman–Crippen MR) is 61.0 cm³/mol. The van der Waals surface area contributed by atoms with Crippen LogP contribution in [0.3, 0.4) is 0 Å². The molecule has 1 aliphatic rings. The number of carbonyl (C=O) groups is 1. The highest BCUT2D eigenvalue weighted by Crippen LogP contribution is 2.17. The van der Waals surface area contributed by atoms with Crippen molar-refractivity contribution in [1.29, 1.82) is 0 Å². The van der Waals surface area contributed by atoms with Gasteiger partial charge >= 0.3 is 0 Å². The molecule has 2 unspecified atom stereocenters. The maximum absolute atomic E-state index is 12.1. The van der Waals surface area contributed by atoms with Crippen LogP contribution in [0.25, 0.3) is 0 Å². The first kappa shape index (κ1) is 11.1. The van der Waals surface area contributed by atoms with Crippen molar-refractivity contribution >= 4 is 5.91 Å². The number of rotatable bonds is 1. The summed E-state index contributed by atoms with van der Waals surface area (Å²) in [5.74, 6) is 0.469. The third-order valence-corrected chi connectivity index (χ3v) is 3.23. The van der Waals surface area contributed by atoms with E-state index in [2.05, 4.69) is 17.1 Å². The molecule has 0 radical (unpaired) electrons. The fraction of sp³-hybridized carbons (Fsp3) is 0.636. The second kappa shape index (κ2) is 4.25. The normalized spacial score (nSPS) is 25.8. The van der Waals surface area contributed by atoms with Gasteiger partial charge in [0.2, 0.25) is 0 Å². The number of nitrogens with zero attached hydrogens (tertiary/aromatic N) is 2. The van der Waals surface area contributed by atoms with E-state index in [0.29, 0.717) is 18.2 Å². The van der Waals surface area contributed by atoms with Crippen LogP contribution in [0, 0.1) is 12.8 Å². The summed E-state index contributed by atoms with van der Waals surface area (Å²) in [6, 6.07) is 1.85. The molecule has 88 valence electrons. The Morgan fingerprint density at radius 2 is 2.44 bits per heavy atom. The number of piperidine rings is 1. The zero-order valence-corrected chi connectivity index (χ0v) is 9.73. The number of H-pyrrole nitrogens is 1. The van der Waals surface area contributed by atoms with Crippen LogP contribution in [0.2, 0.25) is 0 Å². The van der Waals surface area contributed by atoms with Crippen LogP contribution in [-0.2, 0) is 0 Å². The molecule has 3 N–H and O–H groups in total. The van der Waals surface area contributed by atoms with E-state index >= 15 is 0 Å². The second-order valence-electron chi connectivity index (χ2n) is 4.62. The molecule has 2 rings (SSSR count). The van der Waals surface area contributed by atoms with Crippen LogP contribution in [0.5, 0.6) is 0 Å². The predicted octanol–water partition coefficient (Wildman–Crippen LogP) is 0.527. The summed E-state index contributed by atoms with van der Waals surface area (Å²) < 4.78 is 0. The van der Waals surface area contributed by atoms with Gasteiger partial charge in [-0.15, -0.1) is 0 Å². The Hall–Kier alpha value is -1.36. The van der Waals surface area contributed by atoms with Gasteiger partial charge in [-0.1, -0.05) is 6.92 Å². The van der Waals surface area contributed by atoms with Gasteiger partial charge < -0.3 is 10.6 Å². The van der Waals surface area contributed by atoms with Crippen molar-refractivity contribution in [2.75, 3.05) is 13.1 Å². The molecular weight excluding hydrogens is 204 g/mol. The van der Waals surface area contributed by atoms with E-state index in [0.717, 1.165) is 18.7 Å². The molecular formula is C11H18N4O. The molecule has 1 aromatic rings. The minimum absolute atomic E-state index is 0.0216. The van der Waals surface area contributed by atoms with Crippen molar-refractivity contribution in [1.82, 2.24) is 15.1 Å². The highest BCUT2D eigenvalue weighted by molar-refractivity contribution is 5.92. The molecule has 5 heteroatoms. The molecule has 0 spiro atoms. The summed E-state index contributed by atoms with van der Waals surface area (Å²) in [4.78, 5) is 13.8. The van der Waals surface area contributed by atoms with Crippen LogP contribution < -0.4 is 5.73 Å². The molecule has 0 saturated carbocycles. The molecule has 2 atom stereocenters. The van der Waals surface area contributed by atoms with Crippen molar-refractivity contribution in [2.24, 2.45) is 11.7 Å². The average molecular weight is 222 g/mol. The van der Waals surface area contributed by atoms with Gasteiger partial charge in [0.05, 0.1) is 0 Å². The van der Waals surface area contributed by atoms with E-state index in [-0.39, 0.29) is 11.9 Å². The highest BCUT2D eigenvalue weighted by atomic mass is 16.2. The van der Waals surface area contributed by atoms with Crippen LogP contribution >= 0.6 is 0 Å². The molecule has 1 fully saturated rings. The van der Waals surface area contributed by atoms with Gasteiger partial charge in [-0.2, -0.15) is 5.10 Å². The molecule has 1 aliphatic heterocycles. The number of aromatic amines is 1.